The molecule has 1 saturated carbocycles. The second-order valence-corrected chi connectivity index (χ2v) is 10.6. The molecule has 0 radical (unpaired) electrons. The first-order valence-corrected chi connectivity index (χ1v) is 13.5. The quantitative estimate of drug-likeness (QED) is 0.319. The van der Waals surface area contributed by atoms with Crippen LogP contribution in [0, 0.1) is 5.92 Å². The van der Waals surface area contributed by atoms with Gasteiger partial charge in [0.05, 0.1) is 19.2 Å². The number of urea groups is 1. The molecule has 0 bridgehead atoms. The number of fused-ring (bicyclic) bond motifs is 1. The Balaban J connectivity index is 1.45. The molecule has 42 heavy (non-hydrogen) atoms. The molecule has 2 N–H and O–H groups in total. The van der Waals surface area contributed by atoms with Crippen LogP contribution in [0.2, 0.25) is 0 Å². The van der Waals surface area contributed by atoms with Crippen LogP contribution in [-0.4, -0.2) is 65.4 Å². The molecule has 2 fully saturated rings. The average molecular weight is 600 g/mol. The number of aryl methyl sites for hydroxylation is 1. The molecule has 1 aromatic carbocycles. The van der Waals surface area contributed by atoms with Crippen molar-refractivity contribution in [1.29, 1.82) is 0 Å². The Morgan fingerprint density at radius 2 is 2.02 bits per heavy atom. The fraction of sp³-hybridized carbons (Fsp3) is 0.556. The molecule has 5 rings (SSSR count). The van der Waals surface area contributed by atoms with Gasteiger partial charge in [0, 0.05) is 25.5 Å². The standard InChI is InChI=1S/C27H30F5N5O5/c1-3-14-12-41-36-21(14)23(38)35-22(15-6-8-26(28,29)9-7-15)24-33-17-10-16(4-5-19(17)42-24)18(13-40-2)37-11-20(27(30,31)32)34-25(37)39/h4-5,10,12,15,18,20,22H,3,6-9,11,13H2,1-2H3,(H,34,39)(H,35,38)/t18?,20-,22-/m0/s1. The Morgan fingerprint density at radius 1 is 1.29 bits per heavy atom. The molecule has 1 aliphatic carbocycles. The van der Waals surface area contributed by atoms with E-state index in [1.807, 2.05) is 12.2 Å². The van der Waals surface area contributed by atoms with Gasteiger partial charge in [-0.2, -0.15) is 13.2 Å². The number of hydrogen-bond acceptors (Lipinski definition) is 7. The van der Waals surface area contributed by atoms with Crippen molar-refractivity contribution in [3.8, 4) is 0 Å². The van der Waals surface area contributed by atoms with Crippen molar-refractivity contribution in [2.45, 2.75) is 69.3 Å². The normalized spacial score (nSPS) is 21.0. The molecule has 3 atom stereocenters. The summed E-state index contributed by atoms with van der Waals surface area (Å²) in [6, 6.07) is 0.0987. The summed E-state index contributed by atoms with van der Waals surface area (Å²) in [6.07, 6.45) is -3.25. The Labute approximate surface area is 236 Å². The minimum atomic E-state index is -4.61. The van der Waals surface area contributed by atoms with E-state index in [4.69, 9.17) is 13.7 Å². The van der Waals surface area contributed by atoms with Gasteiger partial charge in [-0.15, -0.1) is 0 Å². The number of hydrogen-bond donors (Lipinski definition) is 2. The predicted molar refractivity (Wildman–Crippen MR) is 137 cm³/mol. The van der Waals surface area contributed by atoms with E-state index in [0.717, 1.165) is 4.90 Å². The van der Waals surface area contributed by atoms with Gasteiger partial charge < -0.3 is 29.2 Å². The van der Waals surface area contributed by atoms with Crippen LogP contribution >= 0.6 is 0 Å². The summed E-state index contributed by atoms with van der Waals surface area (Å²) in [7, 11) is 1.37. The SMILES string of the molecule is CCc1conc1C(=O)N[C@H](c1nc2cc(C(COC)N3C[C@@H](C(F)(F)F)NC3=O)ccc2o1)C1CCC(F)(F)CC1. The van der Waals surface area contributed by atoms with E-state index in [1.54, 1.807) is 18.2 Å². The zero-order valence-corrected chi connectivity index (χ0v) is 22.8. The van der Waals surface area contributed by atoms with Crippen molar-refractivity contribution in [2.75, 3.05) is 20.3 Å². The third kappa shape index (κ3) is 6.05. The maximum atomic E-state index is 14.0. The number of amides is 3. The summed E-state index contributed by atoms with van der Waals surface area (Å²) in [5.41, 5.74) is 1.72. The van der Waals surface area contributed by atoms with Gasteiger partial charge in [0.15, 0.2) is 11.3 Å². The van der Waals surface area contributed by atoms with Crippen molar-refractivity contribution >= 4 is 23.0 Å². The minimum absolute atomic E-state index is 0.0745. The number of benzene rings is 1. The van der Waals surface area contributed by atoms with Gasteiger partial charge in [-0.1, -0.05) is 18.1 Å². The lowest BCUT2D eigenvalue weighted by Crippen LogP contribution is -2.40. The van der Waals surface area contributed by atoms with Crippen LogP contribution in [0.25, 0.3) is 11.1 Å². The molecule has 10 nitrogen and oxygen atoms in total. The molecule has 3 aromatic rings. The molecule has 2 aliphatic rings. The molecule has 2 aromatic heterocycles. The summed E-state index contributed by atoms with van der Waals surface area (Å²) in [4.78, 5) is 31.2. The van der Waals surface area contributed by atoms with Crippen LogP contribution in [0.4, 0.5) is 26.7 Å². The molecule has 15 heteroatoms. The van der Waals surface area contributed by atoms with E-state index in [0.29, 0.717) is 28.6 Å². The zero-order valence-electron chi connectivity index (χ0n) is 22.8. The largest absolute Gasteiger partial charge is 0.438 e. The lowest BCUT2D eigenvalue weighted by atomic mass is 9.82. The van der Waals surface area contributed by atoms with Gasteiger partial charge in [0.2, 0.25) is 11.8 Å². The number of carbonyl (C=O) groups is 2. The van der Waals surface area contributed by atoms with Gasteiger partial charge in [-0.3, -0.25) is 4.79 Å². The van der Waals surface area contributed by atoms with Crippen molar-refractivity contribution in [1.82, 2.24) is 25.7 Å². The number of methoxy groups -OCH3 is 1. The number of nitrogens with one attached hydrogen (secondary N) is 2. The smallest absolute Gasteiger partial charge is 0.410 e. The second-order valence-electron chi connectivity index (χ2n) is 10.6. The monoisotopic (exact) mass is 599 g/mol. The molecule has 1 unspecified atom stereocenters. The maximum absolute atomic E-state index is 14.0. The van der Waals surface area contributed by atoms with Gasteiger partial charge in [-0.25, -0.2) is 18.6 Å². The number of alkyl halides is 5. The molecular weight excluding hydrogens is 569 g/mol. The summed E-state index contributed by atoms with van der Waals surface area (Å²) in [5, 5.41) is 8.58. The van der Waals surface area contributed by atoms with E-state index in [9.17, 15) is 31.5 Å². The van der Waals surface area contributed by atoms with Gasteiger partial charge in [0.25, 0.3) is 5.91 Å². The Kier molecular flexibility index (Phi) is 8.14. The highest BCUT2D eigenvalue weighted by Gasteiger charge is 2.48. The number of carbonyl (C=O) groups excluding carboxylic acids is 2. The van der Waals surface area contributed by atoms with Crippen LogP contribution in [-0.2, 0) is 11.2 Å². The molecule has 1 aliphatic heterocycles. The number of aromatic nitrogens is 2. The first-order chi connectivity index (χ1) is 19.9. The van der Waals surface area contributed by atoms with E-state index < -0.39 is 54.6 Å². The lowest BCUT2D eigenvalue weighted by Gasteiger charge is -2.32. The molecular formula is C27H30F5N5O5. The summed E-state index contributed by atoms with van der Waals surface area (Å²) in [5.74, 6) is -3.68. The number of nitrogens with zero attached hydrogens (tertiary/aromatic N) is 3. The van der Waals surface area contributed by atoms with Gasteiger partial charge >= 0.3 is 12.2 Å². The minimum Gasteiger partial charge on any atom is -0.438 e. The Morgan fingerprint density at radius 3 is 2.67 bits per heavy atom. The first kappa shape index (κ1) is 29.7. The maximum Gasteiger partial charge on any atom is 0.410 e. The average Bonchev–Trinajstić information content (AvgIpc) is 3.68. The van der Waals surface area contributed by atoms with Crippen molar-refractivity contribution in [3.63, 3.8) is 0 Å². The number of halogens is 5. The Bertz CT molecular complexity index is 1430. The highest BCUT2D eigenvalue weighted by Crippen LogP contribution is 2.42. The van der Waals surface area contributed by atoms with Gasteiger partial charge in [0.1, 0.15) is 23.9 Å². The number of ether oxygens (including phenoxy) is 1. The summed E-state index contributed by atoms with van der Waals surface area (Å²) < 4.78 is 84.0. The molecule has 228 valence electrons. The number of oxazole rings is 1. The van der Waals surface area contributed by atoms with E-state index in [-0.39, 0.29) is 43.9 Å². The van der Waals surface area contributed by atoms with Crippen molar-refractivity contribution in [2.24, 2.45) is 5.92 Å². The summed E-state index contributed by atoms with van der Waals surface area (Å²) in [6.45, 7) is 1.15. The first-order valence-electron chi connectivity index (χ1n) is 13.5. The predicted octanol–water partition coefficient (Wildman–Crippen LogP) is 5.32. The van der Waals surface area contributed by atoms with Crippen molar-refractivity contribution in [3.05, 3.63) is 47.2 Å². The highest BCUT2D eigenvalue weighted by molar-refractivity contribution is 5.93. The third-order valence-electron chi connectivity index (χ3n) is 7.87. The third-order valence-corrected chi connectivity index (χ3v) is 7.87. The topological polar surface area (TPSA) is 123 Å². The summed E-state index contributed by atoms with van der Waals surface area (Å²) >= 11 is 0. The van der Waals surface area contributed by atoms with Crippen LogP contribution in [0.15, 0.2) is 33.4 Å². The van der Waals surface area contributed by atoms with Crippen LogP contribution in [0.5, 0.6) is 0 Å². The Hall–Kier alpha value is -3.75. The molecule has 1 saturated heterocycles. The van der Waals surface area contributed by atoms with E-state index in [1.165, 1.54) is 13.4 Å². The van der Waals surface area contributed by atoms with Crippen LogP contribution < -0.4 is 10.6 Å². The lowest BCUT2D eigenvalue weighted by molar-refractivity contribution is -0.150. The van der Waals surface area contributed by atoms with E-state index in [2.05, 4.69) is 15.5 Å². The second kappa shape index (κ2) is 11.5. The molecule has 3 amide bonds. The number of rotatable bonds is 9. The molecule has 0 spiro atoms. The highest BCUT2D eigenvalue weighted by atomic mass is 19.4. The van der Waals surface area contributed by atoms with E-state index >= 15 is 0 Å². The fourth-order valence-electron chi connectivity index (χ4n) is 5.52. The van der Waals surface area contributed by atoms with Crippen LogP contribution in [0.1, 0.15) is 72.2 Å². The molecule has 3 heterocycles. The zero-order chi connectivity index (χ0) is 30.2. The van der Waals surface area contributed by atoms with Gasteiger partial charge in [-0.05, 0) is 42.9 Å². The van der Waals surface area contributed by atoms with Crippen molar-refractivity contribution < 1.29 is 45.2 Å². The van der Waals surface area contributed by atoms with Crippen LogP contribution in [0.3, 0.4) is 0 Å². The fourth-order valence-corrected chi connectivity index (χ4v) is 5.52.